The first kappa shape index (κ1) is 12.9. The predicted octanol–water partition coefficient (Wildman–Crippen LogP) is -0.0270. The fourth-order valence-electron chi connectivity index (χ4n) is 0.857. The molecule has 0 radical (unpaired) electrons. The summed E-state index contributed by atoms with van der Waals surface area (Å²) in [6, 6.07) is 3.41. The molecule has 0 bridgehead atoms. The van der Waals surface area contributed by atoms with Crippen LogP contribution < -0.4 is 0 Å². The number of hydrogen-bond donors (Lipinski definition) is 1. The number of carboxylic acids is 1. The van der Waals surface area contributed by atoms with E-state index in [1.165, 1.54) is 13.8 Å². The molecule has 0 aliphatic rings. The van der Waals surface area contributed by atoms with Crippen LogP contribution in [0.25, 0.3) is 0 Å². The van der Waals surface area contributed by atoms with Gasteiger partial charge in [-0.15, -0.1) is 0 Å². The molecule has 0 aromatic rings. The van der Waals surface area contributed by atoms with Gasteiger partial charge in [0.05, 0.1) is 12.1 Å². The standard InChI is InChI=1S/C9H11N3O3/c1-9(2,8(14)15)7(13)12(5-3-10)6-4-11/h5-6H2,1-2H3,(H,14,15). The Labute approximate surface area is 87.3 Å². The van der Waals surface area contributed by atoms with E-state index < -0.39 is 17.3 Å². The average Bonchev–Trinajstić information content (AvgIpc) is 2.16. The first-order valence-electron chi connectivity index (χ1n) is 4.14. The lowest BCUT2D eigenvalue weighted by atomic mass is 9.92. The Morgan fingerprint density at radius 2 is 1.67 bits per heavy atom. The molecule has 0 heterocycles. The average molecular weight is 209 g/mol. The number of nitrogens with zero attached hydrogens (tertiary/aromatic N) is 3. The molecule has 0 saturated carbocycles. The monoisotopic (exact) mass is 209 g/mol. The highest BCUT2D eigenvalue weighted by molar-refractivity contribution is 6.01. The molecule has 80 valence electrons. The van der Waals surface area contributed by atoms with Crippen LogP contribution in [0.2, 0.25) is 0 Å². The zero-order chi connectivity index (χ0) is 12.1. The number of hydrogen-bond acceptors (Lipinski definition) is 4. The molecule has 6 heteroatoms. The summed E-state index contributed by atoms with van der Waals surface area (Å²) in [6.45, 7) is 1.89. The SMILES string of the molecule is CC(C)(C(=O)O)C(=O)N(CC#N)CC#N. The third kappa shape index (κ3) is 2.96. The van der Waals surface area contributed by atoms with E-state index in [-0.39, 0.29) is 13.1 Å². The predicted molar refractivity (Wildman–Crippen MR) is 49.2 cm³/mol. The Morgan fingerprint density at radius 1 is 1.27 bits per heavy atom. The van der Waals surface area contributed by atoms with Crippen molar-refractivity contribution in [2.75, 3.05) is 13.1 Å². The number of carbonyl (C=O) groups excluding carboxylic acids is 1. The second-order valence-corrected chi connectivity index (χ2v) is 3.41. The van der Waals surface area contributed by atoms with Gasteiger partial charge in [-0.25, -0.2) is 0 Å². The molecule has 0 saturated heterocycles. The molecular weight excluding hydrogens is 198 g/mol. The van der Waals surface area contributed by atoms with Crippen LogP contribution in [0.4, 0.5) is 0 Å². The number of aliphatic carboxylic acids is 1. The third-order valence-corrected chi connectivity index (χ3v) is 1.88. The van der Waals surface area contributed by atoms with E-state index in [0.717, 1.165) is 4.90 Å². The Morgan fingerprint density at radius 3 is 1.93 bits per heavy atom. The molecule has 1 amide bonds. The molecule has 0 aromatic carbocycles. The molecule has 1 N–H and O–H groups in total. The lowest BCUT2D eigenvalue weighted by molar-refractivity contribution is -0.157. The van der Waals surface area contributed by atoms with Gasteiger partial charge in [-0.05, 0) is 13.8 Å². The molecule has 0 rings (SSSR count). The number of carboxylic acid groups (broad SMARTS) is 1. The van der Waals surface area contributed by atoms with Gasteiger partial charge >= 0.3 is 5.97 Å². The van der Waals surface area contributed by atoms with Gasteiger partial charge in [0.1, 0.15) is 18.5 Å². The molecule has 0 spiro atoms. The number of carbonyl (C=O) groups is 2. The Balaban J connectivity index is 4.88. The van der Waals surface area contributed by atoms with Crippen molar-refractivity contribution in [2.45, 2.75) is 13.8 Å². The van der Waals surface area contributed by atoms with E-state index in [2.05, 4.69) is 0 Å². The van der Waals surface area contributed by atoms with E-state index in [4.69, 9.17) is 15.6 Å². The van der Waals surface area contributed by atoms with Crippen LogP contribution in [0.3, 0.4) is 0 Å². The summed E-state index contributed by atoms with van der Waals surface area (Å²) in [4.78, 5) is 23.3. The molecular formula is C9H11N3O3. The van der Waals surface area contributed by atoms with Crippen molar-refractivity contribution in [3.05, 3.63) is 0 Å². The van der Waals surface area contributed by atoms with Crippen LogP contribution in [-0.4, -0.2) is 35.0 Å². The first-order valence-corrected chi connectivity index (χ1v) is 4.14. The van der Waals surface area contributed by atoms with E-state index >= 15 is 0 Å². The fourth-order valence-corrected chi connectivity index (χ4v) is 0.857. The minimum Gasteiger partial charge on any atom is -0.480 e. The van der Waals surface area contributed by atoms with E-state index in [1.807, 2.05) is 0 Å². The highest BCUT2D eigenvalue weighted by atomic mass is 16.4. The van der Waals surface area contributed by atoms with Crippen molar-refractivity contribution in [3.8, 4) is 12.1 Å². The molecule has 15 heavy (non-hydrogen) atoms. The maximum Gasteiger partial charge on any atom is 0.318 e. The minimum absolute atomic E-state index is 0.289. The van der Waals surface area contributed by atoms with Crippen LogP contribution >= 0.6 is 0 Å². The normalized spacial score (nSPS) is 9.87. The summed E-state index contributed by atoms with van der Waals surface area (Å²) in [6.07, 6.45) is 0. The quantitative estimate of drug-likeness (QED) is 0.517. The molecule has 0 atom stereocenters. The van der Waals surface area contributed by atoms with Gasteiger partial charge in [0.15, 0.2) is 0 Å². The van der Waals surface area contributed by atoms with Crippen molar-refractivity contribution in [2.24, 2.45) is 5.41 Å². The van der Waals surface area contributed by atoms with Crippen LogP contribution in [0.15, 0.2) is 0 Å². The van der Waals surface area contributed by atoms with Crippen molar-refractivity contribution in [1.82, 2.24) is 4.90 Å². The van der Waals surface area contributed by atoms with Gasteiger partial charge in [-0.2, -0.15) is 10.5 Å². The summed E-state index contributed by atoms with van der Waals surface area (Å²) in [5, 5.41) is 25.6. The zero-order valence-electron chi connectivity index (χ0n) is 8.52. The third-order valence-electron chi connectivity index (χ3n) is 1.88. The van der Waals surface area contributed by atoms with E-state index in [9.17, 15) is 9.59 Å². The summed E-state index contributed by atoms with van der Waals surface area (Å²) < 4.78 is 0. The summed E-state index contributed by atoms with van der Waals surface area (Å²) in [5.41, 5.74) is -1.62. The highest BCUT2D eigenvalue weighted by Crippen LogP contribution is 2.18. The Bertz CT molecular complexity index is 333. The highest BCUT2D eigenvalue weighted by Gasteiger charge is 2.39. The second-order valence-electron chi connectivity index (χ2n) is 3.41. The molecule has 0 aliphatic carbocycles. The van der Waals surface area contributed by atoms with Crippen molar-refractivity contribution in [3.63, 3.8) is 0 Å². The van der Waals surface area contributed by atoms with Gasteiger partial charge < -0.3 is 10.0 Å². The smallest absolute Gasteiger partial charge is 0.318 e. The Kier molecular flexibility index (Phi) is 4.28. The molecule has 0 aliphatic heterocycles. The van der Waals surface area contributed by atoms with Crippen LogP contribution in [-0.2, 0) is 9.59 Å². The molecule has 0 unspecified atom stereocenters. The first-order chi connectivity index (χ1) is 6.87. The van der Waals surface area contributed by atoms with Gasteiger partial charge in [0.2, 0.25) is 5.91 Å². The number of nitriles is 2. The largest absolute Gasteiger partial charge is 0.480 e. The second kappa shape index (κ2) is 4.97. The minimum atomic E-state index is -1.62. The molecule has 6 nitrogen and oxygen atoms in total. The van der Waals surface area contributed by atoms with Crippen LogP contribution in [0, 0.1) is 28.1 Å². The van der Waals surface area contributed by atoms with Crippen LogP contribution in [0.5, 0.6) is 0 Å². The topological polar surface area (TPSA) is 105 Å². The summed E-state index contributed by atoms with van der Waals surface area (Å²) in [7, 11) is 0. The maximum atomic E-state index is 11.6. The van der Waals surface area contributed by atoms with E-state index in [0.29, 0.717) is 0 Å². The van der Waals surface area contributed by atoms with Gasteiger partial charge in [0, 0.05) is 0 Å². The fraction of sp³-hybridized carbons (Fsp3) is 0.556. The number of amides is 1. The lowest BCUT2D eigenvalue weighted by Crippen LogP contribution is -2.45. The van der Waals surface area contributed by atoms with Crippen molar-refractivity contribution < 1.29 is 14.7 Å². The number of rotatable bonds is 4. The lowest BCUT2D eigenvalue weighted by Gasteiger charge is -2.25. The van der Waals surface area contributed by atoms with Gasteiger partial charge in [-0.1, -0.05) is 0 Å². The zero-order valence-corrected chi connectivity index (χ0v) is 8.52. The summed E-state index contributed by atoms with van der Waals surface area (Å²) in [5.74, 6) is -2.02. The van der Waals surface area contributed by atoms with Gasteiger partial charge in [0.25, 0.3) is 0 Å². The maximum absolute atomic E-state index is 11.6. The van der Waals surface area contributed by atoms with Crippen LogP contribution in [0.1, 0.15) is 13.8 Å². The molecule has 0 aromatic heterocycles. The van der Waals surface area contributed by atoms with Gasteiger partial charge in [-0.3, -0.25) is 9.59 Å². The van der Waals surface area contributed by atoms with E-state index in [1.54, 1.807) is 12.1 Å². The Hall–Kier alpha value is -2.08. The van der Waals surface area contributed by atoms with Crippen molar-refractivity contribution in [1.29, 1.82) is 10.5 Å². The summed E-state index contributed by atoms with van der Waals surface area (Å²) >= 11 is 0. The molecule has 0 fully saturated rings. The van der Waals surface area contributed by atoms with Crippen molar-refractivity contribution >= 4 is 11.9 Å².